The number of aromatic nitrogens is 4. The van der Waals surface area contributed by atoms with Crippen molar-refractivity contribution in [2.45, 2.75) is 32.7 Å². The third-order valence-corrected chi connectivity index (χ3v) is 8.71. The normalized spacial score (nSPS) is 17.8. The van der Waals surface area contributed by atoms with Crippen molar-refractivity contribution in [3.63, 3.8) is 0 Å². The molecule has 0 saturated carbocycles. The Morgan fingerprint density at radius 2 is 1.90 bits per heavy atom. The number of anilines is 1. The average Bonchev–Trinajstić information content (AvgIpc) is 3.61. The van der Waals surface area contributed by atoms with Crippen LogP contribution >= 0.6 is 11.6 Å². The number of nitrogen functional groups attached to an aromatic ring is 1. The number of fused-ring (bicyclic) bond motifs is 2. The molecule has 206 valence electrons. The van der Waals surface area contributed by atoms with Crippen LogP contribution in [0.1, 0.15) is 30.0 Å². The lowest BCUT2D eigenvalue weighted by Gasteiger charge is -2.21. The van der Waals surface area contributed by atoms with Crippen LogP contribution in [0.4, 0.5) is 5.82 Å². The van der Waals surface area contributed by atoms with E-state index in [9.17, 15) is 8.42 Å². The number of aryl methyl sites for hydroxylation is 2. The van der Waals surface area contributed by atoms with E-state index in [1.165, 1.54) is 10.6 Å². The number of furan rings is 1. The summed E-state index contributed by atoms with van der Waals surface area (Å²) < 4.78 is 45.3. The lowest BCUT2D eigenvalue weighted by atomic mass is 10.0. The van der Waals surface area contributed by atoms with Crippen LogP contribution in [0.2, 0.25) is 5.28 Å². The van der Waals surface area contributed by atoms with Gasteiger partial charge in [0.25, 0.3) is 0 Å². The van der Waals surface area contributed by atoms with Gasteiger partial charge in [0, 0.05) is 31.6 Å². The van der Waals surface area contributed by atoms with Gasteiger partial charge in [-0.05, 0) is 67.1 Å². The van der Waals surface area contributed by atoms with Gasteiger partial charge in [-0.15, -0.1) is 0 Å². The number of hydrogen-bond donors (Lipinski definition) is 1. The molecular formula is C26H29ClN6O5S. The van der Waals surface area contributed by atoms with Crippen LogP contribution in [-0.4, -0.2) is 64.8 Å². The topological polar surface area (TPSA) is 139 Å². The van der Waals surface area contributed by atoms with Gasteiger partial charge in [0.05, 0.1) is 6.26 Å². The summed E-state index contributed by atoms with van der Waals surface area (Å²) in [4.78, 5) is 13.4. The lowest BCUT2D eigenvalue weighted by Crippen LogP contribution is -2.27. The first-order valence-corrected chi connectivity index (χ1v) is 15.0. The second-order valence-electron chi connectivity index (χ2n) is 10.0. The Kier molecular flexibility index (Phi) is 6.64. The molecule has 2 N–H and O–H groups in total. The molecule has 0 aliphatic carbocycles. The fourth-order valence-corrected chi connectivity index (χ4v) is 6.40. The van der Waals surface area contributed by atoms with Gasteiger partial charge in [0.1, 0.15) is 30.6 Å². The molecule has 13 heteroatoms. The summed E-state index contributed by atoms with van der Waals surface area (Å²) in [6.45, 7) is 4.46. The molecule has 1 fully saturated rings. The molecule has 3 aromatic heterocycles. The third-order valence-electron chi connectivity index (χ3n) is 7.27. The van der Waals surface area contributed by atoms with Crippen LogP contribution in [0.25, 0.3) is 22.5 Å². The van der Waals surface area contributed by atoms with E-state index in [0.717, 1.165) is 41.3 Å². The van der Waals surface area contributed by atoms with Crippen molar-refractivity contribution < 1.29 is 22.3 Å². The van der Waals surface area contributed by atoms with Crippen molar-refractivity contribution in [2.75, 3.05) is 38.3 Å². The number of nitrogens with two attached hydrogens (primary N) is 1. The first-order chi connectivity index (χ1) is 18.7. The molecule has 0 amide bonds. The van der Waals surface area contributed by atoms with Crippen LogP contribution in [-0.2, 0) is 23.0 Å². The first kappa shape index (κ1) is 25.9. The predicted molar refractivity (Wildman–Crippen MR) is 147 cm³/mol. The van der Waals surface area contributed by atoms with Gasteiger partial charge < -0.3 is 24.2 Å². The van der Waals surface area contributed by atoms with E-state index in [4.69, 9.17) is 36.2 Å². The zero-order valence-electron chi connectivity index (χ0n) is 21.7. The molecule has 2 aliphatic heterocycles. The number of hydrogen-bond acceptors (Lipinski definition) is 9. The lowest BCUT2D eigenvalue weighted by molar-refractivity contribution is 0.171. The van der Waals surface area contributed by atoms with E-state index in [-0.39, 0.29) is 17.0 Å². The maximum atomic E-state index is 12.0. The van der Waals surface area contributed by atoms with Crippen molar-refractivity contribution in [2.24, 2.45) is 5.92 Å². The monoisotopic (exact) mass is 572 g/mol. The highest BCUT2D eigenvalue weighted by molar-refractivity contribution is 7.88. The van der Waals surface area contributed by atoms with E-state index in [1.54, 1.807) is 0 Å². The Morgan fingerprint density at radius 3 is 2.59 bits per heavy atom. The Labute approximate surface area is 230 Å². The Bertz CT molecular complexity index is 1670. The fourth-order valence-electron chi connectivity index (χ4n) is 5.31. The molecule has 1 saturated heterocycles. The largest absolute Gasteiger partial charge is 0.486 e. The Balaban J connectivity index is 1.39. The number of nitrogens with zero attached hydrogens (tertiary/aromatic N) is 5. The molecule has 0 spiro atoms. The molecule has 0 radical (unpaired) electrons. The predicted octanol–water partition coefficient (Wildman–Crippen LogP) is 3.66. The van der Waals surface area contributed by atoms with Crippen molar-refractivity contribution in [1.29, 1.82) is 0 Å². The van der Waals surface area contributed by atoms with E-state index in [0.29, 0.717) is 61.9 Å². The second kappa shape index (κ2) is 10.00. The van der Waals surface area contributed by atoms with E-state index < -0.39 is 10.0 Å². The summed E-state index contributed by atoms with van der Waals surface area (Å²) in [6, 6.07) is 7.77. The molecule has 0 bridgehead atoms. The highest BCUT2D eigenvalue weighted by Gasteiger charge is 2.29. The van der Waals surface area contributed by atoms with Crippen LogP contribution in [0, 0.1) is 12.8 Å². The summed E-state index contributed by atoms with van der Waals surface area (Å²) in [5.41, 5.74) is 9.04. The quantitative estimate of drug-likeness (QED) is 0.329. The van der Waals surface area contributed by atoms with Gasteiger partial charge in [0.2, 0.25) is 15.3 Å². The van der Waals surface area contributed by atoms with Crippen LogP contribution in [0.5, 0.6) is 11.5 Å². The number of rotatable bonds is 7. The molecule has 39 heavy (non-hydrogen) atoms. The zero-order chi connectivity index (χ0) is 27.3. The van der Waals surface area contributed by atoms with Crippen LogP contribution in [0.15, 0.2) is 28.7 Å². The molecule has 5 heterocycles. The van der Waals surface area contributed by atoms with Crippen LogP contribution < -0.4 is 15.2 Å². The smallest absolute Gasteiger partial charge is 0.226 e. The minimum Gasteiger partial charge on any atom is -0.486 e. The van der Waals surface area contributed by atoms with Crippen molar-refractivity contribution in [3.8, 4) is 22.8 Å². The van der Waals surface area contributed by atoms with Crippen molar-refractivity contribution in [3.05, 3.63) is 46.7 Å². The minimum atomic E-state index is -3.21. The third kappa shape index (κ3) is 5.15. The number of halogens is 1. The van der Waals surface area contributed by atoms with Crippen LogP contribution in [0.3, 0.4) is 0 Å². The molecule has 4 aromatic rings. The number of ether oxygens (including phenoxy) is 2. The Hall–Kier alpha value is -3.35. The summed E-state index contributed by atoms with van der Waals surface area (Å²) in [5.74, 6) is 4.01. The minimum absolute atomic E-state index is 0.0443. The van der Waals surface area contributed by atoms with Gasteiger partial charge in [-0.25, -0.2) is 17.7 Å². The first-order valence-electron chi connectivity index (χ1n) is 12.8. The SMILES string of the molecule is Cc1ccc(-c2cc3c(cc2Cc2nc4c(N)nc(Cl)nc4n2CCC2CCN(S(C)(=O)=O)C2)OCCO3)o1. The molecule has 1 unspecified atom stereocenters. The summed E-state index contributed by atoms with van der Waals surface area (Å²) in [7, 11) is -3.21. The zero-order valence-corrected chi connectivity index (χ0v) is 23.3. The maximum Gasteiger partial charge on any atom is 0.226 e. The van der Waals surface area contributed by atoms with E-state index in [1.807, 2.05) is 35.8 Å². The number of benzene rings is 1. The standard InChI is InChI=1S/C26H29ClN6O5S/c1-15-3-4-19(38-15)18-13-21-20(36-9-10-37-21)11-17(18)12-22-29-23-24(28)30-26(27)31-25(23)33(22)8-6-16-5-7-32(14-16)39(2,34)35/h3-4,11,13,16H,5-10,12,14H2,1-2H3,(H2,28,30,31). The van der Waals surface area contributed by atoms with Crippen molar-refractivity contribution in [1.82, 2.24) is 23.8 Å². The van der Waals surface area contributed by atoms with E-state index in [2.05, 4.69) is 9.97 Å². The molecule has 6 rings (SSSR count). The molecule has 1 aromatic carbocycles. The van der Waals surface area contributed by atoms with Gasteiger partial charge in [-0.2, -0.15) is 9.97 Å². The average molecular weight is 573 g/mol. The Morgan fingerprint density at radius 1 is 1.13 bits per heavy atom. The molecular weight excluding hydrogens is 544 g/mol. The van der Waals surface area contributed by atoms with E-state index >= 15 is 0 Å². The summed E-state index contributed by atoms with van der Waals surface area (Å²) >= 11 is 6.19. The van der Waals surface area contributed by atoms with Gasteiger partial charge in [0.15, 0.2) is 28.5 Å². The maximum absolute atomic E-state index is 12.0. The summed E-state index contributed by atoms with van der Waals surface area (Å²) in [6.07, 6.45) is 3.23. The fraction of sp³-hybridized carbons (Fsp3) is 0.423. The molecule has 1 atom stereocenters. The molecule has 2 aliphatic rings. The van der Waals surface area contributed by atoms with Gasteiger partial charge >= 0.3 is 0 Å². The van der Waals surface area contributed by atoms with Crippen molar-refractivity contribution >= 4 is 38.6 Å². The highest BCUT2D eigenvalue weighted by Crippen LogP contribution is 2.39. The summed E-state index contributed by atoms with van der Waals surface area (Å²) in [5, 5.41) is 0.0443. The number of imidazole rings is 1. The molecule has 11 nitrogen and oxygen atoms in total. The highest BCUT2D eigenvalue weighted by atomic mass is 35.5. The van der Waals surface area contributed by atoms with Gasteiger partial charge in [-0.3, -0.25) is 0 Å². The van der Waals surface area contributed by atoms with Gasteiger partial charge in [-0.1, -0.05) is 0 Å². The number of sulfonamides is 1. The second-order valence-corrected chi connectivity index (χ2v) is 12.4.